The summed E-state index contributed by atoms with van der Waals surface area (Å²) in [6.45, 7) is 8.09. The van der Waals surface area contributed by atoms with Gasteiger partial charge in [0.15, 0.2) is 0 Å². The highest BCUT2D eigenvalue weighted by atomic mass is 16.7. The van der Waals surface area contributed by atoms with E-state index in [-0.39, 0.29) is 0 Å². The Morgan fingerprint density at radius 2 is 2.25 bits per heavy atom. The summed E-state index contributed by atoms with van der Waals surface area (Å²) in [7, 11) is 0. The summed E-state index contributed by atoms with van der Waals surface area (Å²) in [5.74, 6) is 0. The zero-order chi connectivity index (χ0) is 11.2. The first-order chi connectivity index (χ1) is 7.90. The topological polar surface area (TPSA) is 33.7 Å². The highest BCUT2D eigenvalue weighted by molar-refractivity contribution is 4.80. The van der Waals surface area contributed by atoms with E-state index in [0.717, 1.165) is 32.2 Å². The van der Waals surface area contributed by atoms with Crippen molar-refractivity contribution in [3.63, 3.8) is 0 Å². The lowest BCUT2D eigenvalue weighted by Gasteiger charge is -2.26. The first kappa shape index (κ1) is 12.3. The van der Waals surface area contributed by atoms with E-state index in [4.69, 9.17) is 9.47 Å². The molecule has 2 aliphatic heterocycles. The number of ether oxygens (including phenoxy) is 2. The van der Waals surface area contributed by atoms with Gasteiger partial charge in [0.25, 0.3) is 0 Å². The van der Waals surface area contributed by atoms with E-state index in [1.165, 1.54) is 25.9 Å². The van der Waals surface area contributed by atoms with Gasteiger partial charge in [-0.2, -0.15) is 0 Å². The van der Waals surface area contributed by atoms with E-state index >= 15 is 0 Å². The molecule has 2 saturated heterocycles. The fourth-order valence-corrected chi connectivity index (χ4v) is 2.62. The summed E-state index contributed by atoms with van der Waals surface area (Å²) in [5.41, 5.74) is 0. The van der Waals surface area contributed by atoms with Crippen molar-refractivity contribution in [3.05, 3.63) is 0 Å². The number of hydrogen-bond acceptors (Lipinski definition) is 4. The van der Waals surface area contributed by atoms with E-state index in [1.807, 2.05) is 0 Å². The Balaban J connectivity index is 1.59. The lowest BCUT2D eigenvalue weighted by Crippen LogP contribution is -2.41. The Morgan fingerprint density at radius 1 is 1.31 bits per heavy atom. The summed E-state index contributed by atoms with van der Waals surface area (Å²) in [5, 5.41) is 3.54. The molecule has 0 aromatic rings. The van der Waals surface area contributed by atoms with E-state index in [1.54, 1.807) is 0 Å². The minimum absolute atomic E-state index is 0.352. The molecule has 4 nitrogen and oxygen atoms in total. The Hall–Kier alpha value is -0.160. The molecule has 0 bridgehead atoms. The first-order valence-electron chi connectivity index (χ1n) is 6.54. The van der Waals surface area contributed by atoms with E-state index in [0.29, 0.717) is 12.9 Å². The van der Waals surface area contributed by atoms with Gasteiger partial charge in [-0.05, 0) is 32.4 Å². The highest BCUT2D eigenvalue weighted by Crippen LogP contribution is 2.15. The summed E-state index contributed by atoms with van der Waals surface area (Å²) in [6, 6.07) is 0.741. The average Bonchev–Trinajstić information content (AvgIpc) is 2.78. The average molecular weight is 228 g/mol. The van der Waals surface area contributed by atoms with Gasteiger partial charge >= 0.3 is 0 Å². The van der Waals surface area contributed by atoms with E-state index in [9.17, 15) is 0 Å². The molecule has 0 radical (unpaired) electrons. The summed E-state index contributed by atoms with van der Waals surface area (Å²) in [4.78, 5) is 2.57. The molecule has 0 aromatic carbocycles. The van der Waals surface area contributed by atoms with Crippen LogP contribution in [0.25, 0.3) is 0 Å². The number of rotatable bonds is 5. The van der Waals surface area contributed by atoms with E-state index in [2.05, 4.69) is 17.1 Å². The second kappa shape index (κ2) is 6.55. The lowest BCUT2D eigenvalue weighted by molar-refractivity contribution is -0.137. The van der Waals surface area contributed by atoms with Crippen molar-refractivity contribution < 1.29 is 9.47 Å². The molecule has 2 unspecified atom stereocenters. The van der Waals surface area contributed by atoms with Crippen LogP contribution in [0.5, 0.6) is 0 Å². The molecule has 94 valence electrons. The quantitative estimate of drug-likeness (QED) is 0.755. The van der Waals surface area contributed by atoms with Gasteiger partial charge < -0.3 is 14.8 Å². The van der Waals surface area contributed by atoms with Gasteiger partial charge in [-0.1, -0.05) is 6.92 Å². The number of nitrogens with zero attached hydrogens (tertiary/aromatic N) is 1. The van der Waals surface area contributed by atoms with E-state index < -0.39 is 0 Å². The van der Waals surface area contributed by atoms with Crippen LogP contribution in [-0.2, 0) is 9.47 Å². The van der Waals surface area contributed by atoms with Crippen LogP contribution in [0.15, 0.2) is 0 Å². The molecular formula is C12H24N2O2. The Labute approximate surface area is 98.3 Å². The maximum Gasteiger partial charge on any atom is 0.147 e. The van der Waals surface area contributed by atoms with Gasteiger partial charge in [0.05, 0.1) is 12.7 Å². The number of likely N-dealkylation sites (tertiary alicyclic amines) is 1. The molecule has 2 fully saturated rings. The fraction of sp³-hybridized carbons (Fsp3) is 1.00. The highest BCUT2D eigenvalue weighted by Gasteiger charge is 2.22. The van der Waals surface area contributed by atoms with Gasteiger partial charge in [0.2, 0.25) is 0 Å². The normalized spacial score (nSPS) is 32.1. The second-order valence-corrected chi connectivity index (χ2v) is 4.69. The van der Waals surface area contributed by atoms with Crippen molar-refractivity contribution in [1.29, 1.82) is 0 Å². The third-order valence-corrected chi connectivity index (χ3v) is 3.63. The van der Waals surface area contributed by atoms with Crippen LogP contribution in [-0.4, -0.2) is 56.6 Å². The number of likely N-dealkylation sites (N-methyl/N-ethyl adjacent to an activating group) is 1. The van der Waals surface area contributed by atoms with Crippen LogP contribution in [0.1, 0.15) is 26.2 Å². The molecule has 2 rings (SSSR count). The molecular weight excluding hydrogens is 204 g/mol. The zero-order valence-corrected chi connectivity index (χ0v) is 10.3. The molecule has 16 heavy (non-hydrogen) atoms. The van der Waals surface area contributed by atoms with Gasteiger partial charge in [0.1, 0.15) is 6.79 Å². The van der Waals surface area contributed by atoms with Crippen LogP contribution < -0.4 is 5.32 Å². The molecule has 1 N–H and O–H groups in total. The Kier molecular flexibility index (Phi) is 5.03. The minimum atomic E-state index is 0.352. The van der Waals surface area contributed by atoms with Crippen LogP contribution in [0.2, 0.25) is 0 Å². The van der Waals surface area contributed by atoms with Gasteiger partial charge in [0, 0.05) is 19.1 Å². The van der Waals surface area contributed by atoms with Crippen molar-refractivity contribution in [1.82, 2.24) is 10.2 Å². The summed E-state index contributed by atoms with van der Waals surface area (Å²) in [6.07, 6.45) is 4.07. The minimum Gasteiger partial charge on any atom is -0.355 e. The standard InChI is InChI=1S/C12H24N2O2/c1-2-14-6-3-4-11(14)8-13-9-12-5-7-15-10-16-12/h11-13H,2-10H2,1H3. The number of nitrogens with one attached hydrogen (secondary N) is 1. The monoisotopic (exact) mass is 228 g/mol. The predicted molar refractivity (Wildman–Crippen MR) is 63.4 cm³/mol. The molecule has 0 saturated carbocycles. The van der Waals surface area contributed by atoms with Crippen molar-refractivity contribution in [3.8, 4) is 0 Å². The maximum atomic E-state index is 5.50. The molecule has 0 spiro atoms. The van der Waals surface area contributed by atoms with Crippen molar-refractivity contribution >= 4 is 0 Å². The molecule has 2 atom stereocenters. The largest absolute Gasteiger partial charge is 0.355 e. The van der Waals surface area contributed by atoms with Crippen LogP contribution in [0, 0.1) is 0 Å². The molecule has 2 heterocycles. The predicted octanol–water partition coefficient (Wildman–Crippen LogP) is 0.823. The Bertz CT molecular complexity index is 195. The van der Waals surface area contributed by atoms with Gasteiger partial charge in [-0.25, -0.2) is 0 Å². The molecule has 0 amide bonds. The Morgan fingerprint density at radius 3 is 3.00 bits per heavy atom. The summed E-state index contributed by atoms with van der Waals surface area (Å²) >= 11 is 0. The van der Waals surface area contributed by atoms with Gasteiger partial charge in [-0.15, -0.1) is 0 Å². The van der Waals surface area contributed by atoms with Crippen molar-refractivity contribution in [2.75, 3.05) is 39.6 Å². The summed E-state index contributed by atoms with van der Waals surface area (Å²) < 4.78 is 10.7. The molecule has 2 aliphatic rings. The first-order valence-corrected chi connectivity index (χ1v) is 6.54. The SMILES string of the molecule is CCN1CCCC1CNCC1CCOCO1. The van der Waals surface area contributed by atoms with Crippen molar-refractivity contribution in [2.24, 2.45) is 0 Å². The maximum absolute atomic E-state index is 5.50. The van der Waals surface area contributed by atoms with Crippen LogP contribution >= 0.6 is 0 Å². The smallest absolute Gasteiger partial charge is 0.147 e. The van der Waals surface area contributed by atoms with Crippen LogP contribution in [0.3, 0.4) is 0 Å². The molecule has 0 aliphatic carbocycles. The zero-order valence-electron chi connectivity index (χ0n) is 10.3. The third-order valence-electron chi connectivity index (χ3n) is 3.63. The molecule has 0 aromatic heterocycles. The fourth-order valence-electron chi connectivity index (χ4n) is 2.62. The van der Waals surface area contributed by atoms with Crippen molar-refractivity contribution in [2.45, 2.75) is 38.3 Å². The van der Waals surface area contributed by atoms with Gasteiger partial charge in [-0.3, -0.25) is 4.90 Å². The lowest BCUT2D eigenvalue weighted by atomic mass is 10.2. The van der Waals surface area contributed by atoms with Crippen LogP contribution in [0.4, 0.5) is 0 Å². The second-order valence-electron chi connectivity index (χ2n) is 4.69. The third kappa shape index (κ3) is 3.42. The molecule has 4 heteroatoms. The number of hydrogen-bond donors (Lipinski definition) is 1.